The number of carbonyl (C=O) groups is 1. The van der Waals surface area contributed by atoms with E-state index in [9.17, 15) is 13.2 Å². The minimum Gasteiger partial charge on any atom is -0.267 e. The average Bonchev–Trinajstić information content (AvgIpc) is 2.93. The molecule has 0 aliphatic carbocycles. The Morgan fingerprint density at radius 2 is 1.83 bits per heavy atom. The maximum atomic E-state index is 12.9. The third-order valence-corrected chi connectivity index (χ3v) is 5.94. The van der Waals surface area contributed by atoms with Gasteiger partial charge >= 0.3 is 0 Å². The molecular formula is C15H20N4O3S2. The van der Waals surface area contributed by atoms with Crippen molar-refractivity contribution in [2.45, 2.75) is 11.8 Å². The third kappa shape index (κ3) is 3.64. The maximum absolute atomic E-state index is 12.9. The quantitative estimate of drug-likeness (QED) is 0.753. The zero-order valence-electron chi connectivity index (χ0n) is 14.2. The number of hydrogen-bond acceptors (Lipinski definition) is 6. The van der Waals surface area contributed by atoms with Gasteiger partial charge in [-0.3, -0.25) is 4.79 Å². The van der Waals surface area contributed by atoms with Crippen LogP contribution in [0.15, 0.2) is 35.4 Å². The Kier molecular flexibility index (Phi) is 5.38. The van der Waals surface area contributed by atoms with Crippen molar-refractivity contribution >= 4 is 32.4 Å². The van der Waals surface area contributed by atoms with E-state index in [1.54, 1.807) is 37.4 Å². The summed E-state index contributed by atoms with van der Waals surface area (Å²) in [7, 11) is 2.76. The van der Waals surface area contributed by atoms with Crippen LogP contribution in [0, 0.1) is 6.92 Å². The van der Waals surface area contributed by atoms with Crippen molar-refractivity contribution in [2.75, 3.05) is 33.2 Å². The van der Waals surface area contributed by atoms with Crippen molar-refractivity contribution in [3.05, 3.63) is 40.9 Å². The van der Waals surface area contributed by atoms with E-state index < -0.39 is 10.0 Å². The van der Waals surface area contributed by atoms with E-state index in [0.29, 0.717) is 5.13 Å². The van der Waals surface area contributed by atoms with Gasteiger partial charge in [0.25, 0.3) is 5.91 Å². The molecule has 0 bridgehead atoms. The zero-order chi connectivity index (χ0) is 18.1. The Bertz CT molecular complexity index is 844. The first-order valence-electron chi connectivity index (χ1n) is 7.11. The van der Waals surface area contributed by atoms with E-state index in [-0.39, 0.29) is 16.4 Å². The molecule has 0 radical (unpaired) electrons. The summed E-state index contributed by atoms with van der Waals surface area (Å²) in [5.74, 6) is -0.342. The molecule has 0 aliphatic rings. The Morgan fingerprint density at radius 3 is 2.33 bits per heavy atom. The molecule has 24 heavy (non-hydrogen) atoms. The van der Waals surface area contributed by atoms with E-state index in [2.05, 4.69) is 4.98 Å². The lowest BCUT2D eigenvalue weighted by molar-refractivity contribution is 0.0930. The van der Waals surface area contributed by atoms with Gasteiger partial charge in [0.05, 0.1) is 4.90 Å². The molecule has 2 rings (SSSR count). The number of aryl methyl sites for hydroxylation is 1. The highest BCUT2D eigenvalue weighted by Gasteiger charge is 2.25. The second-order valence-corrected chi connectivity index (χ2v) is 8.90. The van der Waals surface area contributed by atoms with Crippen molar-refractivity contribution in [3.8, 4) is 0 Å². The molecular weight excluding hydrogens is 348 g/mol. The van der Waals surface area contributed by atoms with Crippen LogP contribution >= 0.6 is 11.3 Å². The Hall–Kier alpha value is -1.81. The standard InChI is InChI=1S/C15H20N4O3S2/c1-11-10-16-15(23-11)19(17(2)3)14(20)12-7-6-8-13(9-12)24(21,22)18(4)5/h6-10H,1-5H3. The monoisotopic (exact) mass is 368 g/mol. The maximum Gasteiger partial charge on any atom is 0.274 e. The van der Waals surface area contributed by atoms with Crippen LogP contribution in [-0.2, 0) is 10.0 Å². The first-order chi connectivity index (χ1) is 11.1. The zero-order valence-corrected chi connectivity index (χ0v) is 15.8. The lowest BCUT2D eigenvalue weighted by Gasteiger charge is -2.26. The highest BCUT2D eigenvalue weighted by Crippen LogP contribution is 2.25. The molecule has 1 amide bonds. The van der Waals surface area contributed by atoms with Gasteiger partial charge in [-0.1, -0.05) is 6.07 Å². The largest absolute Gasteiger partial charge is 0.274 e. The molecule has 0 aliphatic heterocycles. The predicted octanol–water partition coefficient (Wildman–Crippen LogP) is 1.83. The fourth-order valence-corrected chi connectivity index (χ4v) is 3.78. The molecule has 0 saturated carbocycles. The van der Waals surface area contributed by atoms with Gasteiger partial charge in [-0.15, -0.1) is 11.3 Å². The van der Waals surface area contributed by atoms with Crippen molar-refractivity contribution in [1.82, 2.24) is 14.3 Å². The molecule has 1 heterocycles. The molecule has 130 valence electrons. The number of benzene rings is 1. The number of anilines is 1. The van der Waals surface area contributed by atoms with Gasteiger partial charge in [0.1, 0.15) is 0 Å². The fraction of sp³-hybridized carbons (Fsp3) is 0.333. The lowest BCUT2D eigenvalue weighted by Crippen LogP contribution is -2.42. The summed E-state index contributed by atoms with van der Waals surface area (Å²) in [6, 6.07) is 6.01. The number of amides is 1. The van der Waals surface area contributed by atoms with E-state index >= 15 is 0 Å². The number of thiazole rings is 1. The van der Waals surface area contributed by atoms with Crippen LogP contribution in [0.1, 0.15) is 15.2 Å². The van der Waals surface area contributed by atoms with Crippen molar-refractivity contribution < 1.29 is 13.2 Å². The van der Waals surface area contributed by atoms with Crippen LogP contribution in [0.4, 0.5) is 5.13 Å². The Balaban J connectivity index is 2.45. The first kappa shape index (κ1) is 18.5. The van der Waals surface area contributed by atoms with Crippen LogP contribution in [0.5, 0.6) is 0 Å². The average molecular weight is 368 g/mol. The SMILES string of the molecule is Cc1cnc(N(C(=O)c2cccc(S(=O)(=O)N(C)C)c2)N(C)C)s1. The molecule has 0 unspecified atom stereocenters. The molecule has 0 atom stereocenters. The summed E-state index contributed by atoms with van der Waals surface area (Å²) in [5, 5.41) is 3.57. The summed E-state index contributed by atoms with van der Waals surface area (Å²) in [6.45, 7) is 1.91. The summed E-state index contributed by atoms with van der Waals surface area (Å²) in [4.78, 5) is 18.2. The Labute approximate surface area is 146 Å². The number of sulfonamides is 1. The number of aromatic nitrogens is 1. The van der Waals surface area contributed by atoms with Crippen molar-refractivity contribution in [2.24, 2.45) is 0 Å². The lowest BCUT2D eigenvalue weighted by atomic mass is 10.2. The highest BCUT2D eigenvalue weighted by atomic mass is 32.2. The fourth-order valence-electron chi connectivity index (χ4n) is 2.00. The number of rotatable bonds is 5. The minimum absolute atomic E-state index is 0.0763. The molecule has 0 N–H and O–H groups in total. The number of hydrazine groups is 1. The molecule has 2 aromatic rings. The van der Waals surface area contributed by atoms with Crippen molar-refractivity contribution in [3.63, 3.8) is 0 Å². The number of nitrogens with zero attached hydrogens (tertiary/aromatic N) is 4. The van der Waals surface area contributed by atoms with Gasteiger partial charge in [-0.25, -0.2) is 27.7 Å². The van der Waals surface area contributed by atoms with E-state index in [0.717, 1.165) is 9.18 Å². The smallest absolute Gasteiger partial charge is 0.267 e. The van der Waals surface area contributed by atoms with Crippen LogP contribution in [0.25, 0.3) is 0 Å². The number of hydrogen-bond donors (Lipinski definition) is 0. The Morgan fingerprint density at radius 1 is 1.17 bits per heavy atom. The van der Waals surface area contributed by atoms with E-state index in [4.69, 9.17) is 0 Å². The normalized spacial score (nSPS) is 12.0. The van der Waals surface area contributed by atoms with E-state index in [1.807, 2.05) is 6.92 Å². The molecule has 1 aromatic carbocycles. The van der Waals surface area contributed by atoms with Crippen LogP contribution in [0.3, 0.4) is 0 Å². The molecule has 9 heteroatoms. The predicted molar refractivity (Wildman–Crippen MR) is 94.7 cm³/mol. The second kappa shape index (κ2) is 6.98. The summed E-state index contributed by atoms with van der Waals surface area (Å²) >= 11 is 1.39. The van der Waals surface area contributed by atoms with Gasteiger partial charge in [-0.05, 0) is 25.1 Å². The van der Waals surface area contributed by atoms with Crippen LogP contribution in [-0.4, -0.2) is 56.8 Å². The third-order valence-electron chi connectivity index (χ3n) is 3.24. The molecule has 1 aromatic heterocycles. The number of carbonyl (C=O) groups excluding carboxylic acids is 1. The molecule has 0 fully saturated rings. The van der Waals surface area contributed by atoms with Gasteiger partial charge in [0, 0.05) is 44.8 Å². The summed E-state index contributed by atoms with van der Waals surface area (Å²) < 4.78 is 25.6. The second-order valence-electron chi connectivity index (χ2n) is 5.53. The van der Waals surface area contributed by atoms with Gasteiger partial charge in [0.2, 0.25) is 15.2 Å². The van der Waals surface area contributed by atoms with Crippen molar-refractivity contribution in [1.29, 1.82) is 0 Å². The molecule has 0 saturated heterocycles. The summed E-state index contributed by atoms with van der Waals surface area (Å²) in [6.07, 6.45) is 1.69. The first-order valence-corrected chi connectivity index (χ1v) is 9.37. The van der Waals surface area contributed by atoms with Crippen LogP contribution < -0.4 is 5.01 Å². The van der Waals surface area contributed by atoms with Gasteiger partial charge < -0.3 is 0 Å². The highest BCUT2D eigenvalue weighted by molar-refractivity contribution is 7.89. The molecule has 0 spiro atoms. The van der Waals surface area contributed by atoms with Crippen LogP contribution in [0.2, 0.25) is 0 Å². The van der Waals surface area contributed by atoms with E-state index in [1.165, 1.54) is 42.6 Å². The minimum atomic E-state index is -3.60. The summed E-state index contributed by atoms with van der Waals surface area (Å²) in [5.41, 5.74) is 0.277. The van der Waals surface area contributed by atoms with Gasteiger partial charge in [-0.2, -0.15) is 0 Å². The topological polar surface area (TPSA) is 73.8 Å². The molecule has 7 nitrogen and oxygen atoms in total. The van der Waals surface area contributed by atoms with Gasteiger partial charge in [0.15, 0.2) is 0 Å².